The maximum absolute atomic E-state index is 11.8. The quantitative estimate of drug-likeness (QED) is 0.686. The van der Waals surface area contributed by atoms with Crippen LogP contribution < -0.4 is 10.6 Å². The van der Waals surface area contributed by atoms with Crippen LogP contribution in [0.4, 0.5) is 4.79 Å². The molecule has 22 heavy (non-hydrogen) atoms. The van der Waals surface area contributed by atoms with E-state index < -0.39 is 5.60 Å². The van der Waals surface area contributed by atoms with Crippen LogP contribution in [-0.2, 0) is 6.54 Å². The second-order valence-electron chi connectivity index (χ2n) is 6.80. The Morgan fingerprint density at radius 3 is 2.59 bits per heavy atom. The minimum Gasteiger partial charge on any atom is -0.388 e. The Morgan fingerprint density at radius 2 is 2.05 bits per heavy atom. The van der Waals surface area contributed by atoms with Crippen molar-refractivity contribution in [3.8, 4) is 0 Å². The van der Waals surface area contributed by atoms with Crippen molar-refractivity contribution < 1.29 is 9.90 Å². The number of aliphatic hydroxyl groups is 1. The summed E-state index contributed by atoms with van der Waals surface area (Å²) in [4.78, 5) is 16.3. The van der Waals surface area contributed by atoms with Crippen LogP contribution in [0.3, 0.4) is 0 Å². The second-order valence-corrected chi connectivity index (χ2v) is 7.69. The molecule has 0 fully saturated rings. The summed E-state index contributed by atoms with van der Waals surface area (Å²) < 4.78 is 0. The zero-order valence-electron chi connectivity index (χ0n) is 14.3. The number of nitrogens with one attached hydrogen (secondary N) is 2. The summed E-state index contributed by atoms with van der Waals surface area (Å²) >= 11 is 1.61. The summed E-state index contributed by atoms with van der Waals surface area (Å²) in [5.41, 5.74) is 0.00275. The lowest BCUT2D eigenvalue weighted by atomic mass is 9.95. The highest BCUT2D eigenvalue weighted by molar-refractivity contribution is 7.09. The number of thiazole rings is 1. The predicted octanol–water partition coefficient (Wildman–Crippen LogP) is 3.25. The van der Waals surface area contributed by atoms with Gasteiger partial charge in [-0.1, -0.05) is 27.7 Å². The molecule has 1 aromatic heterocycles. The standard InChI is InChI=1S/C16H29N3O2S/c1-11(2)6-7-16(5,21)10-18-15(20)17-8-13-9-22-14(19-13)12(3)4/h9,11-12,21H,6-8,10H2,1-5H3,(H2,17,18,20). The lowest BCUT2D eigenvalue weighted by Gasteiger charge is -2.24. The average Bonchev–Trinajstić information content (AvgIpc) is 2.90. The third-order valence-corrected chi connectivity index (χ3v) is 4.58. The smallest absolute Gasteiger partial charge is 0.315 e. The van der Waals surface area contributed by atoms with Gasteiger partial charge in [-0.05, 0) is 25.7 Å². The molecule has 1 rings (SSSR count). The third-order valence-electron chi connectivity index (χ3n) is 3.38. The fourth-order valence-corrected chi connectivity index (χ4v) is 2.70. The Hall–Kier alpha value is -1.14. The zero-order valence-corrected chi connectivity index (χ0v) is 15.1. The number of carbonyl (C=O) groups excluding carboxylic acids is 1. The Morgan fingerprint density at radius 1 is 1.36 bits per heavy atom. The van der Waals surface area contributed by atoms with Gasteiger partial charge in [-0.15, -0.1) is 11.3 Å². The van der Waals surface area contributed by atoms with Crippen molar-refractivity contribution in [1.29, 1.82) is 0 Å². The van der Waals surface area contributed by atoms with Gasteiger partial charge in [0.15, 0.2) is 0 Å². The summed E-state index contributed by atoms with van der Waals surface area (Å²) in [6.07, 6.45) is 1.61. The Bertz CT molecular complexity index is 470. The van der Waals surface area contributed by atoms with Gasteiger partial charge in [0.1, 0.15) is 0 Å². The molecule has 0 saturated carbocycles. The number of hydrogen-bond donors (Lipinski definition) is 3. The molecule has 2 amide bonds. The highest BCUT2D eigenvalue weighted by atomic mass is 32.1. The number of carbonyl (C=O) groups is 1. The minimum absolute atomic E-state index is 0.250. The van der Waals surface area contributed by atoms with Gasteiger partial charge in [-0.2, -0.15) is 0 Å². The van der Waals surface area contributed by atoms with E-state index in [0.29, 0.717) is 24.8 Å². The van der Waals surface area contributed by atoms with E-state index >= 15 is 0 Å². The van der Waals surface area contributed by atoms with Gasteiger partial charge in [0.25, 0.3) is 0 Å². The molecule has 126 valence electrons. The molecule has 0 bridgehead atoms. The second kappa shape index (κ2) is 8.48. The van der Waals surface area contributed by atoms with Gasteiger partial charge >= 0.3 is 6.03 Å². The van der Waals surface area contributed by atoms with E-state index in [9.17, 15) is 9.90 Å². The van der Waals surface area contributed by atoms with Gasteiger partial charge in [0.2, 0.25) is 0 Å². The number of urea groups is 1. The monoisotopic (exact) mass is 327 g/mol. The fourth-order valence-electron chi connectivity index (χ4n) is 1.86. The van der Waals surface area contributed by atoms with Crippen LogP contribution in [0.5, 0.6) is 0 Å². The van der Waals surface area contributed by atoms with Crippen molar-refractivity contribution in [3.63, 3.8) is 0 Å². The average molecular weight is 327 g/mol. The molecule has 1 aromatic rings. The summed E-state index contributed by atoms with van der Waals surface area (Å²) in [5, 5.41) is 18.7. The molecule has 0 aliphatic carbocycles. The van der Waals surface area contributed by atoms with Crippen LogP contribution in [0.2, 0.25) is 0 Å². The fraction of sp³-hybridized carbons (Fsp3) is 0.750. The van der Waals surface area contributed by atoms with E-state index in [1.165, 1.54) is 0 Å². The maximum Gasteiger partial charge on any atom is 0.315 e. The first-order valence-electron chi connectivity index (χ1n) is 7.88. The third kappa shape index (κ3) is 7.22. The molecule has 0 aliphatic rings. The molecular formula is C16H29N3O2S. The SMILES string of the molecule is CC(C)CCC(C)(O)CNC(=O)NCc1csc(C(C)C)n1. The van der Waals surface area contributed by atoms with Gasteiger partial charge in [0, 0.05) is 17.8 Å². The van der Waals surface area contributed by atoms with Crippen LogP contribution in [-0.4, -0.2) is 28.3 Å². The van der Waals surface area contributed by atoms with Crippen LogP contribution in [0.15, 0.2) is 5.38 Å². The molecule has 3 N–H and O–H groups in total. The normalized spacial score (nSPS) is 14.2. The zero-order chi connectivity index (χ0) is 16.8. The minimum atomic E-state index is -0.868. The molecule has 0 radical (unpaired) electrons. The number of rotatable bonds is 8. The van der Waals surface area contributed by atoms with Crippen LogP contribution in [0.1, 0.15) is 64.1 Å². The number of aromatic nitrogens is 1. The van der Waals surface area contributed by atoms with E-state index in [0.717, 1.165) is 17.1 Å². The highest BCUT2D eigenvalue weighted by Crippen LogP contribution is 2.19. The first-order chi connectivity index (χ1) is 10.2. The van der Waals surface area contributed by atoms with Crippen LogP contribution >= 0.6 is 11.3 Å². The number of hydrogen-bond acceptors (Lipinski definition) is 4. The summed E-state index contributed by atoms with van der Waals surface area (Å²) in [7, 11) is 0. The molecule has 5 nitrogen and oxygen atoms in total. The molecule has 0 saturated heterocycles. The lowest BCUT2D eigenvalue weighted by molar-refractivity contribution is 0.0476. The molecule has 0 aromatic carbocycles. The summed E-state index contributed by atoms with van der Waals surface area (Å²) in [5.74, 6) is 0.948. The molecule has 6 heteroatoms. The van der Waals surface area contributed by atoms with Crippen molar-refractivity contribution in [3.05, 3.63) is 16.1 Å². The van der Waals surface area contributed by atoms with Crippen LogP contribution in [0.25, 0.3) is 0 Å². The number of amides is 2. The van der Waals surface area contributed by atoms with E-state index in [1.54, 1.807) is 18.3 Å². The highest BCUT2D eigenvalue weighted by Gasteiger charge is 2.21. The molecule has 1 heterocycles. The van der Waals surface area contributed by atoms with Crippen LogP contribution in [0, 0.1) is 5.92 Å². The topological polar surface area (TPSA) is 74.2 Å². The lowest BCUT2D eigenvalue weighted by Crippen LogP contribution is -2.44. The molecule has 0 spiro atoms. The van der Waals surface area contributed by atoms with E-state index in [-0.39, 0.29) is 12.6 Å². The number of nitrogens with zero attached hydrogens (tertiary/aromatic N) is 1. The van der Waals surface area contributed by atoms with Gasteiger partial charge < -0.3 is 15.7 Å². The van der Waals surface area contributed by atoms with Crippen molar-refractivity contribution in [2.75, 3.05) is 6.54 Å². The van der Waals surface area contributed by atoms with Crippen molar-refractivity contribution in [1.82, 2.24) is 15.6 Å². The molecular weight excluding hydrogens is 298 g/mol. The van der Waals surface area contributed by atoms with Gasteiger partial charge in [-0.3, -0.25) is 0 Å². The Labute approximate surface area is 137 Å². The van der Waals surface area contributed by atoms with Gasteiger partial charge in [-0.25, -0.2) is 9.78 Å². The van der Waals surface area contributed by atoms with Crippen molar-refractivity contribution in [2.24, 2.45) is 5.92 Å². The summed E-state index contributed by atoms with van der Waals surface area (Å²) in [6, 6.07) is -0.274. The molecule has 0 aliphatic heterocycles. The first kappa shape index (κ1) is 18.9. The van der Waals surface area contributed by atoms with E-state index in [1.807, 2.05) is 5.38 Å². The summed E-state index contributed by atoms with van der Waals surface area (Å²) in [6.45, 7) is 10.9. The van der Waals surface area contributed by atoms with Crippen molar-refractivity contribution >= 4 is 17.4 Å². The molecule has 1 atom stereocenters. The van der Waals surface area contributed by atoms with E-state index in [4.69, 9.17) is 0 Å². The largest absolute Gasteiger partial charge is 0.388 e. The predicted molar refractivity (Wildman–Crippen MR) is 91.1 cm³/mol. The molecule has 1 unspecified atom stereocenters. The Kier molecular flexibility index (Phi) is 7.29. The van der Waals surface area contributed by atoms with Gasteiger partial charge in [0.05, 0.1) is 22.8 Å². The van der Waals surface area contributed by atoms with E-state index in [2.05, 4.69) is 43.3 Å². The first-order valence-corrected chi connectivity index (χ1v) is 8.76. The Balaban J connectivity index is 2.30. The van der Waals surface area contributed by atoms with Crippen molar-refractivity contribution in [2.45, 2.75) is 65.5 Å². The maximum atomic E-state index is 11.8.